The first-order valence-electron chi connectivity index (χ1n) is 9.09. The number of rotatable bonds is 6. The highest BCUT2D eigenvalue weighted by atomic mass is 16.5. The Kier molecular flexibility index (Phi) is 5.87. The zero-order valence-electron chi connectivity index (χ0n) is 14.4. The highest BCUT2D eigenvalue weighted by molar-refractivity contribution is 5.83. The maximum absolute atomic E-state index is 12.7. The number of nitrogens with two attached hydrogens (primary N) is 1. The Balaban J connectivity index is 1.62. The standard InChI is InChI=1S/C19H29N3O2/c20-15-19(7-11-24-12-8-19)18(23)21-13-16-5-1-2-6-17(16)14-22-9-3-4-10-22/h1-2,5-6H,3-4,7-15,20H2,(H,21,23). The Hall–Kier alpha value is -1.43. The van der Waals surface area contributed by atoms with Crippen molar-refractivity contribution in [2.45, 2.75) is 38.8 Å². The predicted molar refractivity (Wildman–Crippen MR) is 94.3 cm³/mol. The molecule has 0 unspecified atom stereocenters. The number of carbonyl (C=O) groups is 1. The lowest BCUT2D eigenvalue weighted by molar-refractivity contribution is -0.136. The lowest BCUT2D eigenvalue weighted by Gasteiger charge is -2.34. The van der Waals surface area contributed by atoms with Crippen LogP contribution in [0.3, 0.4) is 0 Å². The lowest BCUT2D eigenvalue weighted by atomic mass is 9.79. The fourth-order valence-electron chi connectivity index (χ4n) is 3.71. The summed E-state index contributed by atoms with van der Waals surface area (Å²) in [6, 6.07) is 8.41. The molecule has 5 heteroatoms. The summed E-state index contributed by atoms with van der Waals surface area (Å²) < 4.78 is 5.39. The van der Waals surface area contributed by atoms with Gasteiger partial charge in [0.05, 0.1) is 5.41 Å². The van der Waals surface area contributed by atoms with Gasteiger partial charge in [-0.1, -0.05) is 24.3 Å². The summed E-state index contributed by atoms with van der Waals surface area (Å²) in [6.07, 6.45) is 4.01. The molecule has 24 heavy (non-hydrogen) atoms. The molecule has 5 nitrogen and oxygen atoms in total. The average molecular weight is 331 g/mol. The largest absolute Gasteiger partial charge is 0.381 e. The molecule has 3 N–H and O–H groups in total. The van der Waals surface area contributed by atoms with Crippen molar-refractivity contribution in [2.75, 3.05) is 32.8 Å². The van der Waals surface area contributed by atoms with Gasteiger partial charge >= 0.3 is 0 Å². The van der Waals surface area contributed by atoms with Crippen molar-refractivity contribution in [1.29, 1.82) is 0 Å². The molecule has 2 saturated heterocycles. The van der Waals surface area contributed by atoms with E-state index < -0.39 is 5.41 Å². The van der Waals surface area contributed by atoms with Gasteiger partial charge in [-0.3, -0.25) is 9.69 Å². The highest BCUT2D eigenvalue weighted by Crippen LogP contribution is 2.29. The molecule has 0 spiro atoms. The molecule has 0 atom stereocenters. The first-order chi connectivity index (χ1) is 11.7. The molecule has 0 saturated carbocycles. The van der Waals surface area contributed by atoms with Gasteiger partial charge in [-0.15, -0.1) is 0 Å². The molecule has 2 aliphatic heterocycles. The maximum Gasteiger partial charge on any atom is 0.227 e. The topological polar surface area (TPSA) is 67.6 Å². The molecule has 0 aliphatic carbocycles. The van der Waals surface area contributed by atoms with E-state index in [2.05, 4.69) is 28.4 Å². The van der Waals surface area contributed by atoms with E-state index >= 15 is 0 Å². The van der Waals surface area contributed by atoms with Gasteiger partial charge in [0.15, 0.2) is 0 Å². The first kappa shape index (κ1) is 17.4. The summed E-state index contributed by atoms with van der Waals surface area (Å²) in [7, 11) is 0. The zero-order valence-corrected chi connectivity index (χ0v) is 14.4. The minimum Gasteiger partial charge on any atom is -0.381 e. The molecule has 132 valence electrons. The number of hydrogen-bond acceptors (Lipinski definition) is 4. The summed E-state index contributed by atoms with van der Waals surface area (Å²) in [6.45, 7) is 5.53. The molecule has 0 bridgehead atoms. The van der Waals surface area contributed by atoms with Crippen molar-refractivity contribution in [3.63, 3.8) is 0 Å². The van der Waals surface area contributed by atoms with Crippen LogP contribution in [0.4, 0.5) is 0 Å². The zero-order chi connectivity index (χ0) is 16.8. The van der Waals surface area contributed by atoms with Crippen LogP contribution in [0, 0.1) is 5.41 Å². The first-order valence-corrected chi connectivity index (χ1v) is 9.09. The second-order valence-corrected chi connectivity index (χ2v) is 7.03. The third kappa shape index (κ3) is 3.97. The van der Waals surface area contributed by atoms with Gasteiger partial charge in [-0.05, 0) is 49.9 Å². The van der Waals surface area contributed by atoms with E-state index in [4.69, 9.17) is 10.5 Å². The van der Waals surface area contributed by atoms with E-state index in [0.29, 0.717) is 39.1 Å². The van der Waals surface area contributed by atoms with Gasteiger partial charge in [-0.25, -0.2) is 0 Å². The Morgan fingerprint density at radius 1 is 1.17 bits per heavy atom. The van der Waals surface area contributed by atoms with E-state index in [-0.39, 0.29) is 5.91 Å². The third-order valence-corrected chi connectivity index (χ3v) is 5.47. The molecule has 1 amide bonds. The molecule has 2 aliphatic rings. The van der Waals surface area contributed by atoms with Crippen LogP contribution in [0.5, 0.6) is 0 Å². The summed E-state index contributed by atoms with van der Waals surface area (Å²) in [5, 5.41) is 3.13. The normalized spacial score (nSPS) is 20.9. The minimum atomic E-state index is -0.456. The van der Waals surface area contributed by atoms with Gasteiger partial charge < -0.3 is 15.8 Å². The van der Waals surface area contributed by atoms with E-state index in [1.165, 1.54) is 37.1 Å². The SMILES string of the molecule is NCC1(C(=O)NCc2ccccc2CN2CCCC2)CCOCC1. The molecule has 2 fully saturated rings. The Bertz CT molecular complexity index is 549. The summed E-state index contributed by atoms with van der Waals surface area (Å²) in [5.41, 5.74) is 7.99. The van der Waals surface area contributed by atoms with Crippen molar-refractivity contribution in [3.05, 3.63) is 35.4 Å². The van der Waals surface area contributed by atoms with Crippen LogP contribution in [-0.2, 0) is 22.6 Å². The van der Waals surface area contributed by atoms with Crippen molar-refractivity contribution in [1.82, 2.24) is 10.2 Å². The summed E-state index contributed by atoms with van der Waals surface area (Å²) in [4.78, 5) is 15.2. The Labute approximate surface area is 144 Å². The van der Waals surface area contributed by atoms with Crippen LogP contribution >= 0.6 is 0 Å². The van der Waals surface area contributed by atoms with Gasteiger partial charge in [0.2, 0.25) is 5.91 Å². The van der Waals surface area contributed by atoms with Crippen molar-refractivity contribution in [3.8, 4) is 0 Å². The molecule has 0 radical (unpaired) electrons. The number of nitrogens with one attached hydrogen (secondary N) is 1. The third-order valence-electron chi connectivity index (χ3n) is 5.47. The minimum absolute atomic E-state index is 0.0734. The van der Waals surface area contributed by atoms with Crippen molar-refractivity contribution >= 4 is 5.91 Å². The van der Waals surface area contributed by atoms with Crippen LogP contribution in [0.25, 0.3) is 0 Å². The fourth-order valence-corrected chi connectivity index (χ4v) is 3.71. The van der Waals surface area contributed by atoms with Gasteiger partial charge in [0.1, 0.15) is 0 Å². The van der Waals surface area contributed by atoms with Gasteiger partial charge in [-0.2, -0.15) is 0 Å². The van der Waals surface area contributed by atoms with Crippen LogP contribution in [0.2, 0.25) is 0 Å². The van der Waals surface area contributed by atoms with Crippen LogP contribution < -0.4 is 11.1 Å². The number of carbonyl (C=O) groups excluding carboxylic acids is 1. The van der Waals surface area contributed by atoms with Gasteiger partial charge in [0.25, 0.3) is 0 Å². The fraction of sp³-hybridized carbons (Fsp3) is 0.632. The Morgan fingerprint density at radius 3 is 2.50 bits per heavy atom. The lowest BCUT2D eigenvalue weighted by Crippen LogP contribution is -2.49. The number of hydrogen-bond donors (Lipinski definition) is 2. The number of nitrogens with zero attached hydrogens (tertiary/aromatic N) is 1. The molecule has 3 rings (SSSR count). The van der Waals surface area contributed by atoms with E-state index in [9.17, 15) is 4.79 Å². The van der Waals surface area contributed by atoms with E-state index in [1.807, 2.05) is 6.07 Å². The number of benzene rings is 1. The quantitative estimate of drug-likeness (QED) is 0.832. The smallest absolute Gasteiger partial charge is 0.227 e. The summed E-state index contributed by atoms with van der Waals surface area (Å²) >= 11 is 0. The monoisotopic (exact) mass is 331 g/mol. The second kappa shape index (κ2) is 8.10. The van der Waals surface area contributed by atoms with E-state index in [0.717, 1.165) is 6.54 Å². The Morgan fingerprint density at radius 2 is 1.83 bits per heavy atom. The highest BCUT2D eigenvalue weighted by Gasteiger charge is 2.38. The number of likely N-dealkylation sites (tertiary alicyclic amines) is 1. The average Bonchev–Trinajstić information content (AvgIpc) is 3.14. The molecule has 0 aromatic heterocycles. The number of ether oxygens (including phenoxy) is 1. The maximum atomic E-state index is 12.7. The second-order valence-electron chi connectivity index (χ2n) is 7.03. The van der Waals surface area contributed by atoms with Crippen molar-refractivity contribution < 1.29 is 9.53 Å². The molecule has 1 aromatic carbocycles. The van der Waals surface area contributed by atoms with Crippen molar-refractivity contribution in [2.24, 2.45) is 11.1 Å². The summed E-state index contributed by atoms with van der Waals surface area (Å²) in [5.74, 6) is 0.0734. The van der Waals surface area contributed by atoms with Crippen LogP contribution in [0.15, 0.2) is 24.3 Å². The van der Waals surface area contributed by atoms with Crippen LogP contribution in [-0.4, -0.2) is 43.7 Å². The predicted octanol–water partition coefficient (Wildman–Crippen LogP) is 1.65. The molecule has 1 aromatic rings. The molecule has 2 heterocycles. The molecular formula is C19H29N3O2. The molecular weight excluding hydrogens is 302 g/mol. The van der Waals surface area contributed by atoms with Crippen LogP contribution in [0.1, 0.15) is 36.8 Å². The van der Waals surface area contributed by atoms with E-state index in [1.54, 1.807) is 0 Å². The number of amides is 1. The van der Waals surface area contributed by atoms with Gasteiger partial charge in [0, 0.05) is 32.8 Å².